The van der Waals surface area contributed by atoms with Crippen LogP contribution in [0.2, 0.25) is 0 Å². The number of aryl methyl sites for hydroxylation is 1. The molecule has 0 aliphatic carbocycles. The van der Waals surface area contributed by atoms with Gasteiger partial charge in [-0.2, -0.15) is 5.10 Å². The number of carbonyl (C=O) groups excluding carboxylic acids is 1. The lowest BCUT2D eigenvalue weighted by molar-refractivity contribution is 0.101. The predicted molar refractivity (Wildman–Crippen MR) is 97.1 cm³/mol. The number of fused-ring (bicyclic) bond motifs is 1. The number of hydrogen-bond acceptors (Lipinski definition) is 4. The van der Waals surface area contributed by atoms with Gasteiger partial charge in [0.2, 0.25) is 0 Å². The minimum atomic E-state index is -0.220. The van der Waals surface area contributed by atoms with Crippen LogP contribution in [0.1, 0.15) is 16.2 Å². The monoisotopic (exact) mass is 347 g/mol. The van der Waals surface area contributed by atoms with Crippen LogP contribution >= 0.6 is 0 Å². The summed E-state index contributed by atoms with van der Waals surface area (Å²) in [6.07, 6.45) is 5.47. The van der Waals surface area contributed by atoms with Gasteiger partial charge in [-0.3, -0.25) is 9.48 Å². The fraction of sp³-hybridized carbons (Fsp3) is 0.105. The molecule has 0 atom stereocenters. The van der Waals surface area contributed by atoms with Gasteiger partial charge >= 0.3 is 0 Å². The van der Waals surface area contributed by atoms with Gasteiger partial charge in [-0.1, -0.05) is 12.1 Å². The predicted octanol–water partition coefficient (Wildman–Crippen LogP) is 2.90. The molecule has 7 nitrogen and oxygen atoms in total. The number of benzene rings is 1. The van der Waals surface area contributed by atoms with Crippen LogP contribution in [-0.2, 0) is 13.7 Å². The largest absolute Gasteiger partial charge is 0.487 e. The molecule has 7 heteroatoms. The summed E-state index contributed by atoms with van der Waals surface area (Å²) in [4.78, 5) is 16.8. The second kappa shape index (κ2) is 6.72. The van der Waals surface area contributed by atoms with E-state index in [1.54, 1.807) is 25.4 Å². The van der Waals surface area contributed by atoms with Crippen LogP contribution in [0.25, 0.3) is 5.65 Å². The second-order valence-corrected chi connectivity index (χ2v) is 5.81. The van der Waals surface area contributed by atoms with Crippen molar-refractivity contribution < 1.29 is 9.53 Å². The number of ether oxygens (including phenoxy) is 1. The highest BCUT2D eigenvalue weighted by Gasteiger charge is 2.10. The van der Waals surface area contributed by atoms with E-state index < -0.39 is 0 Å². The highest BCUT2D eigenvalue weighted by molar-refractivity contribution is 6.03. The lowest BCUT2D eigenvalue weighted by Crippen LogP contribution is -2.16. The lowest BCUT2D eigenvalue weighted by atomic mass is 10.3. The van der Waals surface area contributed by atoms with Gasteiger partial charge in [0.1, 0.15) is 23.7 Å². The Labute approximate surface area is 149 Å². The molecular formula is C19H17N5O2. The molecule has 0 saturated heterocycles. The van der Waals surface area contributed by atoms with Gasteiger partial charge < -0.3 is 14.5 Å². The zero-order chi connectivity index (χ0) is 17.9. The van der Waals surface area contributed by atoms with E-state index in [1.807, 2.05) is 53.2 Å². The molecule has 1 aromatic carbocycles. The number of aromatic nitrogens is 4. The van der Waals surface area contributed by atoms with Crippen LogP contribution in [0.3, 0.4) is 0 Å². The highest BCUT2D eigenvalue weighted by atomic mass is 16.5. The normalized spacial score (nSPS) is 10.8. The number of anilines is 1. The molecule has 0 aliphatic heterocycles. The summed E-state index contributed by atoms with van der Waals surface area (Å²) >= 11 is 0. The molecule has 1 N–H and O–H groups in total. The van der Waals surface area contributed by atoms with Crippen LogP contribution in [-0.4, -0.2) is 25.1 Å². The summed E-state index contributed by atoms with van der Waals surface area (Å²) in [7, 11) is 1.73. The Kier molecular flexibility index (Phi) is 4.10. The van der Waals surface area contributed by atoms with E-state index in [4.69, 9.17) is 4.74 Å². The van der Waals surface area contributed by atoms with Crippen LogP contribution in [0.5, 0.6) is 5.75 Å². The van der Waals surface area contributed by atoms with Crippen molar-refractivity contribution in [2.45, 2.75) is 6.61 Å². The molecule has 0 unspecified atom stereocenters. The maximum atomic E-state index is 12.3. The van der Waals surface area contributed by atoms with E-state index in [-0.39, 0.29) is 5.91 Å². The topological polar surface area (TPSA) is 73.5 Å². The number of hydrogen-bond donors (Lipinski definition) is 1. The Bertz CT molecular complexity index is 1030. The van der Waals surface area contributed by atoms with Crippen LogP contribution in [0.15, 0.2) is 67.1 Å². The van der Waals surface area contributed by atoms with E-state index >= 15 is 0 Å². The number of pyridine rings is 1. The third-order valence-corrected chi connectivity index (χ3v) is 3.95. The van der Waals surface area contributed by atoms with Gasteiger partial charge in [-0.05, 0) is 30.3 Å². The Balaban J connectivity index is 1.44. The summed E-state index contributed by atoms with van der Waals surface area (Å²) in [6.45, 7) is 0.348. The number of nitrogens with zero attached hydrogens (tertiary/aromatic N) is 4. The van der Waals surface area contributed by atoms with E-state index in [2.05, 4.69) is 15.4 Å². The summed E-state index contributed by atoms with van der Waals surface area (Å²) in [5, 5.41) is 6.85. The molecule has 0 aliphatic rings. The third kappa shape index (κ3) is 3.27. The fourth-order valence-corrected chi connectivity index (χ4v) is 2.67. The molecule has 1 amide bonds. The average molecular weight is 347 g/mol. The molecule has 4 aromatic rings. The average Bonchev–Trinajstić information content (AvgIpc) is 3.26. The minimum absolute atomic E-state index is 0.220. The van der Waals surface area contributed by atoms with Crippen molar-refractivity contribution in [2.24, 2.45) is 7.05 Å². The quantitative estimate of drug-likeness (QED) is 0.602. The van der Waals surface area contributed by atoms with Gasteiger partial charge in [-0.25, -0.2) is 4.98 Å². The fourth-order valence-electron chi connectivity index (χ4n) is 2.67. The maximum absolute atomic E-state index is 12.3. The zero-order valence-electron chi connectivity index (χ0n) is 14.2. The summed E-state index contributed by atoms with van der Waals surface area (Å²) in [5.41, 5.74) is 2.86. The molecular weight excluding hydrogens is 330 g/mol. The van der Waals surface area contributed by atoms with Crippen molar-refractivity contribution in [3.8, 4) is 5.75 Å². The SMILES string of the molecule is Cn1nccc1C(=O)Nc1cccc(OCc2cn3ccccc3n2)c1. The molecule has 0 radical (unpaired) electrons. The van der Waals surface area contributed by atoms with Crippen molar-refractivity contribution in [3.63, 3.8) is 0 Å². The molecule has 3 aromatic heterocycles. The summed E-state index contributed by atoms with van der Waals surface area (Å²) in [6, 6.07) is 14.8. The van der Waals surface area contributed by atoms with Crippen molar-refractivity contribution in [1.82, 2.24) is 19.2 Å². The number of carbonyl (C=O) groups is 1. The molecule has 0 bridgehead atoms. The number of rotatable bonds is 5. The van der Waals surface area contributed by atoms with E-state index in [1.165, 1.54) is 4.68 Å². The van der Waals surface area contributed by atoms with Crippen molar-refractivity contribution in [3.05, 3.63) is 78.5 Å². The smallest absolute Gasteiger partial charge is 0.273 e. The van der Waals surface area contributed by atoms with E-state index in [0.29, 0.717) is 23.7 Å². The van der Waals surface area contributed by atoms with Crippen LogP contribution in [0, 0.1) is 0 Å². The molecule has 3 heterocycles. The highest BCUT2D eigenvalue weighted by Crippen LogP contribution is 2.19. The number of nitrogens with one attached hydrogen (secondary N) is 1. The molecule has 130 valence electrons. The standard InChI is InChI=1S/C19H17N5O2/c1-23-17(8-9-20-23)19(25)22-14-5-4-6-16(11-14)26-13-15-12-24-10-3-2-7-18(24)21-15/h2-12H,13H2,1H3,(H,22,25). The Hall–Kier alpha value is -3.61. The molecule has 4 rings (SSSR count). The zero-order valence-corrected chi connectivity index (χ0v) is 14.2. The van der Waals surface area contributed by atoms with Gasteiger partial charge in [0.25, 0.3) is 5.91 Å². The van der Waals surface area contributed by atoms with Crippen LogP contribution in [0.4, 0.5) is 5.69 Å². The molecule has 26 heavy (non-hydrogen) atoms. The van der Waals surface area contributed by atoms with E-state index in [9.17, 15) is 4.79 Å². The first kappa shape index (κ1) is 15.9. The van der Waals surface area contributed by atoms with Gasteiger partial charge in [0.05, 0.1) is 5.69 Å². The number of imidazole rings is 1. The first-order chi connectivity index (χ1) is 12.7. The number of amides is 1. The van der Waals surface area contributed by atoms with E-state index in [0.717, 1.165) is 11.3 Å². The van der Waals surface area contributed by atoms with Gasteiger partial charge in [0.15, 0.2) is 0 Å². The Morgan fingerprint density at radius 1 is 1.19 bits per heavy atom. The van der Waals surface area contributed by atoms with Crippen LogP contribution < -0.4 is 10.1 Å². The first-order valence-electron chi connectivity index (χ1n) is 8.14. The Morgan fingerprint density at radius 3 is 2.92 bits per heavy atom. The third-order valence-electron chi connectivity index (χ3n) is 3.95. The van der Waals surface area contributed by atoms with Gasteiger partial charge in [0, 0.05) is 37.4 Å². The maximum Gasteiger partial charge on any atom is 0.273 e. The molecule has 0 saturated carbocycles. The van der Waals surface area contributed by atoms with Crippen molar-refractivity contribution >= 4 is 17.2 Å². The lowest BCUT2D eigenvalue weighted by Gasteiger charge is -2.08. The molecule has 0 spiro atoms. The second-order valence-electron chi connectivity index (χ2n) is 5.81. The van der Waals surface area contributed by atoms with Crippen molar-refractivity contribution in [2.75, 3.05) is 5.32 Å². The van der Waals surface area contributed by atoms with Gasteiger partial charge in [-0.15, -0.1) is 0 Å². The van der Waals surface area contributed by atoms with Crippen molar-refractivity contribution in [1.29, 1.82) is 0 Å². The minimum Gasteiger partial charge on any atom is -0.487 e. The Morgan fingerprint density at radius 2 is 2.12 bits per heavy atom. The first-order valence-corrected chi connectivity index (χ1v) is 8.14. The molecule has 0 fully saturated rings. The summed E-state index contributed by atoms with van der Waals surface area (Å²) < 4.78 is 9.29. The summed E-state index contributed by atoms with van der Waals surface area (Å²) in [5.74, 6) is 0.437.